The van der Waals surface area contributed by atoms with Gasteiger partial charge in [-0.2, -0.15) is 0 Å². The number of rotatable bonds is 7. The molecule has 2 aromatic heterocycles. The normalized spacial score (nSPS) is 10.9. The highest BCUT2D eigenvalue weighted by molar-refractivity contribution is 6.42. The van der Waals surface area contributed by atoms with Crippen molar-refractivity contribution in [2.24, 2.45) is 0 Å². The minimum Gasteiger partial charge on any atom is -0.486 e. The van der Waals surface area contributed by atoms with Crippen LogP contribution in [0.4, 0.5) is 10.3 Å². The van der Waals surface area contributed by atoms with E-state index < -0.39 is 11.7 Å². The number of amides is 1. The number of aromatic nitrogens is 4. The van der Waals surface area contributed by atoms with E-state index in [2.05, 4.69) is 20.6 Å². The molecule has 1 N–H and O–H groups in total. The van der Waals surface area contributed by atoms with Gasteiger partial charge in [-0.15, -0.1) is 5.10 Å². The number of carbonyl (C=O) groups is 1. The molecule has 11 heteroatoms. The van der Waals surface area contributed by atoms with Crippen molar-refractivity contribution in [2.75, 3.05) is 5.32 Å². The number of hydrogen-bond acceptors (Lipinski definition) is 6. The predicted octanol–water partition coefficient (Wildman–Crippen LogP) is 4.90. The topological polar surface area (TPSA) is 95.1 Å². The van der Waals surface area contributed by atoms with E-state index in [4.69, 9.17) is 32.5 Å². The summed E-state index contributed by atoms with van der Waals surface area (Å²) in [5.41, 5.74) is 1.25. The van der Waals surface area contributed by atoms with Gasteiger partial charge in [0.05, 0.1) is 22.2 Å². The summed E-state index contributed by atoms with van der Waals surface area (Å²) in [6, 6.07) is 11.2. The molecule has 0 saturated heterocycles. The van der Waals surface area contributed by atoms with Crippen molar-refractivity contribution < 1.29 is 18.4 Å². The second kappa shape index (κ2) is 9.37. The molecular formula is C21H16Cl2FN5O3. The number of ether oxygens (including phenoxy) is 1. The molecule has 0 aliphatic carbocycles. The van der Waals surface area contributed by atoms with Crippen molar-refractivity contribution in [3.05, 3.63) is 87.2 Å². The van der Waals surface area contributed by atoms with Gasteiger partial charge in [-0.3, -0.25) is 10.1 Å². The minimum atomic E-state index is -0.582. The minimum absolute atomic E-state index is 0.000303. The molecule has 0 saturated carbocycles. The molecule has 0 bridgehead atoms. The van der Waals surface area contributed by atoms with E-state index in [-0.39, 0.29) is 24.0 Å². The Hall–Kier alpha value is -3.43. The Bertz CT molecular complexity index is 1270. The zero-order chi connectivity index (χ0) is 22.7. The van der Waals surface area contributed by atoms with Crippen LogP contribution in [0.1, 0.15) is 27.4 Å². The monoisotopic (exact) mass is 475 g/mol. The number of nitrogens with one attached hydrogen (secondary N) is 1. The zero-order valence-corrected chi connectivity index (χ0v) is 18.2. The van der Waals surface area contributed by atoms with Gasteiger partial charge < -0.3 is 9.26 Å². The Labute approximate surface area is 191 Å². The average Bonchev–Trinajstić information content (AvgIpc) is 3.36. The number of anilines is 1. The Morgan fingerprint density at radius 1 is 1.22 bits per heavy atom. The number of carbonyl (C=O) groups excluding carboxylic acids is 1. The number of benzene rings is 2. The number of nitrogens with zero attached hydrogens (tertiary/aromatic N) is 4. The van der Waals surface area contributed by atoms with Crippen LogP contribution in [0.5, 0.6) is 5.75 Å². The van der Waals surface area contributed by atoms with Crippen molar-refractivity contribution in [1.82, 2.24) is 19.9 Å². The summed E-state index contributed by atoms with van der Waals surface area (Å²) < 4.78 is 25.9. The molecule has 32 heavy (non-hydrogen) atoms. The smallest absolute Gasteiger partial charge is 0.280 e. The van der Waals surface area contributed by atoms with E-state index in [1.54, 1.807) is 31.2 Å². The summed E-state index contributed by atoms with van der Waals surface area (Å²) in [6.45, 7) is 1.91. The van der Waals surface area contributed by atoms with Crippen LogP contribution in [-0.4, -0.2) is 25.8 Å². The first-order valence-corrected chi connectivity index (χ1v) is 10.1. The summed E-state index contributed by atoms with van der Waals surface area (Å²) >= 11 is 12.0. The van der Waals surface area contributed by atoms with Gasteiger partial charge >= 0.3 is 0 Å². The van der Waals surface area contributed by atoms with Crippen molar-refractivity contribution in [3.63, 3.8) is 0 Å². The molecule has 0 spiro atoms. The van der Waals surface area contributed by atoms with Crippen LogP contribution in [0, 0.1) is 12.7 Å². The largest absolute Gasteiger partial charge is 0.486 e. The molecule has 0 radical (unpaired) electrons. The maximum Gasteiger partial charge on any atom is 0.280 e. The van der Waals surface area contributed by atoms with Crippen molar-refractivity contribution in [3.8, 4) is 5.75 Å². The molecule has 0 aliphatic heterocycles. The molecule has 2 aromatic carbocycles. The first-order valence-electron chi connectivity index (χ1n) is 9.38. The molecule has 0 atom stereocenters. The maximum atomic E-state index is 13.8. The summed E-state index contributed by atoms with van der Waals surface area (Å²) in [6.07, 6.45) is 1.47. The molecule has 0 unspecified atom stereocenters. The second-order valence-electron chi connectivity index (χ2n) is 6.75. The average molecular weight is 476 g/mol. The van der Waals surface area contributed by atoms with Crippen LogP contribution in [0.25, 0.3) is 0 Å². The van der Waals surface area contributed by atoms with E-state index in [1.165, 1.54) is 23.1 Å². The predicted molar refractivity (Wildman–Crippen MR) is 116 cm³/mol. The van der Waals surface area contributed by atoms with Crippen LogP contribution < -0.4 is 10.1 Å². The van der Waals surface area contributed by atoms with Gasteiger partial charge in [0.15, 0.2) is 17.3 Å². The lowest BCUT2D eigenvalue weighted by molar-refractivity contribution is 0.101. The van der Waals surface area contributed by atoms with Crippen LogP contribution in [0.15, 0.2) is 53.3 Å². The summed E-state index contributed by atoms with van der Waals surface area (Å²) in [4.78, 5) is 16.8. The molecule has 4 rings (SSSR count). The van der Waals surface area contributed by atoms with Gasteiger partial charge in [-0.1, -0.05) is 46.6 Å². The lowest BCUT2D eigenvalue weighted by Gasteiger charge is -2.07. The third kappa shape index (κ3) is 4.90. The van der Waals surface area contributed by atoms with Crippen molar-refractivity contribution >= 4 is 35.1 Å². The Kier molecular flexibility index (Phi) is 6.38. The van der Waals surface area contributed by atoms with Crippen LogP contribution in [0.2, 0.25) is 10.0 Å². The fourth-order valence-electron chi connectivity index (χ4n) is 2.87. The van der Waals surface area contributed by atoms with Crippen LogP contribution in [-0.2, 0) is 13.2 Å². The Morgan fingerprint density at radius 3 is 2.81 bits per heavy atom. The van der Waals surface area contributed by atoms with Gasteiger partial charge in [0.25, 0.3) is 5.91 Å². The maximum absolute atomic E-state index is 13.8. The quantitative estimate of drug-likeness (QED) is 0.408. The summed E-state index contributed by atoms with van der Waals surface area (Å²) in [5, 5.41) is 11.5. The fourth-order valence-corrected chi connectivity index (χ4v) is 3.19. The zero-order valence-electron chi connectivity index (χ0n) is 16.7. The van der Waals surface area contributed by atoms with Gasteiger partial charge in [0.2, 0.25) is 5.95 Å². The SMILES string of the molecule is Cc1onc(C(=O)Nc2ncn(Cc3ccc(Cl)c(Cl)c3)n2)c1COc1ccccc1F. The molecular weight excluding hydrogens is 460 g/mol. The summed E-state index contributed by atoms with van der Waals surface area (Å²) in [7, 11) is 0. The molecule has 0 aliphatic rings. The molecule has 0 fully saturated rings. The molecule has 8 nitrogen and oxygen atoms in total. The first-order chi connectivity index (χ1) is 15.4. The van der Waals surface area contributed by atoms with E-state index in [1.807, 2.05) is 6.07 Å². The number of halogens is 3. The van der Waals surface area contributed by atoms with E-state index in [0.717, 1.165) is 5.56 Å². The highest BCUT2D eigenvalue weighted by Crippen LogP contribution is 2.23. The van der Waals surface area contributed by atoms with E-state index in [0.29, 0.717) is 27.9 Å². The van der Waals surface area contributed by atoms with Crippen molar-refractivity contribution in [1.29, 1.82) is 0 Å². The van der Waals surface area contributed by atoms with Gasteiger partial charge in [0, 0.05) is 0 Å². The lowest BCUT2D eigenvalue weighted by atomic mass is 10.2. The van der Waals surface area contributed by atoms with Crippen molar-refractivity contribution in [2.45, 2.75) is 20.1 Å². The highest BCUT2D eigenvalue weighted by atomic mass is 35.5. The first kappa shape index (κ1) is 21.8. The van der Waals surface area contributed by atoms with Crippen LogP contribution >= 0.6 is 23.2 Å². The van der Waals surface area contributed by atoms with Crippen LogP contribution in [0.3, 0.4) is 0 Å². The summed E-state index contributed by atoms with van der Waals surface area (Å²) in [5.74, 6) is -0.575. The fraction of sp³-hybridized carbons (Fsp3) is 0.143. The molecule has 2 heterocycles. The van der Waals surface area contributed by atoms with E-state index >= 15 is 0 Å². The molecule has 4 aromatic rings. The third-order valence-corrected chi connectivity index (χ3v) is 5.24. The Morgan fingerprint density at radius 2 is 2.03 bits per heavy atom. The molecule has 164 valence electrons. The van der Waals surface area contributed by atoms with E-state index in [9.17, 15) is 9.18 Å². The third-order valence-electron chi connectivity index (χ3n) is 4.50. The second-order valence-corrected chi connectivity index (χ2v) is 7.57. The lowest BCUT2D eigenvalue weighted by Crippen LogP contribution is -2.16. The van der Waals surface area contributed by atoms with Gasteiger partial charge in [-0.05, 0) is 36.8 Å². The Balaban J connectivity index is 1.43. The number of aryl methyl sites for hydroxylation is 1. The molecule has 1 amide bonds. The highest BCUT2D eigenvalue weighted by Gasteiger charge is 2.22. The van der Waals surface area contributed by atoms with Gasteiger partial charge in [-0.25, -0.2) is 14.1 Å². The van der Waals surface area contributed by atoms with Gasteiger partial charge in [0.1, 0.15) is 18.7 Å². The standard InChI is InChI=1S/C21H16Cl2FN5O3/c1-12-14(10-31-18-5-3-2-4-17(18)24)19(28-32-12)20(30)26-21-25-11-29(27-21)9-13-6-7-15(22)16(23)8-13/h2-8,11H,9-10H2,1H3,(H,26,27,30). The number of hydrogen-bond donors (Lipinski definition) is 1. The number of para-hydroxylation sites is 1.